The fraction of sp³-hybridized carbons (Fsp3) is 0.857. The van der Waals surface area contributed by atoms with E-state index >= 15 is 0 Å². The molecular weight excluding hydrogens is 140 g/mol. The summed E-state index contributed by atoms with van der Waals surface area (Å²) in [4.78, 5) is 3.87. The number of nitrogens with two attached hydrogens (primary N) is 3. The summed E-state index contributed by atoms with van der Waals surface area (Å²) < 4.78 is 0. The maximum Gasteiger partial charge on any atom is 0.185 e. The lowest BCUT2D eigenvalue weighted by atomic mass is 10.1. The fourth-order valence-electron chi connectivity index (χ4n) is 1.05. The van der Waals surface area contributed by atoms with Gasteiger partial charge in [-0.25, -0.2) is 0 Å². The van der Waals surface area contributed by atoms with E-state index in [1.165, 1.54) is 0 Å². The second-order valence-electron chi connectivity index (χ2n) is 3.27. The molecule has 1 rings (SSSR count). The number of aliphatic imine (C=N–C) groups is 1. The standard InChI is InChI=1S/C7H16N4/c8-6(9)11-5-1-2-7(10)3-4-7/h1-5,10H2,(H4,8,9,11). The normalized spacial score (nSPS) is 19.4. The Morgan fingerprint density at radius 2 is 2.00 bits per heavy atom. The molecule has 64 valence electrons. The van der Waals surface area contributed by atoms with Crippen molar-refractivity contribution in [3.63, 3.8) is 0 Å². The maximum atomic E-state index is 5.85. The van der Waals surface area contributed by atoms with Gasteiger partial charge in [0, 0.05) is 12.1 Å². The predicted molar refractivity (Wildman–Crippen MR) is 46.1 cm³/mol. The Balaban J connectivity index is 2.01. The van der Waals surface area contributed by atoms with E-state index in [2.05, 4.69) is 4.99 Å². The van der Waals surface area contributed by atoms with Gasteiger partial charge in [-0.15, -0.1) is 0 Å². The molecular formula is C7H16N4. The highest BCUT2D eigenvalue weighted by atomic mass is 15.0. The third-order valence-electron chi connectivity index (χ3n) is 2.02. The zero-order valence-electron chi connectivity index (χ0n) is 6.71. The summed E-state index contributed by atoms with van der Waals surface area (Å²) in [5.41, 5.74) is 16.3. The lowest BCUT2D eigenvalue weighted by Gasteiger charge is -2.05. The van der Waals surface area contributed by atoms with Crippen LogP contribution in [-0.2, 0) is 0 Å². The van der Waals surface area contributed by atoms with Gasteiger partial charge < -0.3 is 17.2 Å². The zero-order chi connectivity index (χ0) is 8.32. The zero-order valence-corrected chi connectivity index (χ0v) is 6.71. The first-order chi connectivity index (χ1) is 5.12. The van der Waals surface area contributed by atoms with Crippen LogP contribution in [0, 0.1) is 0 Å². The second-order valence-corrected chi connectivity index (χ2v) is 3.27. The SMILES string of the molecule is NC(N)=NCCCC1(N)CC1. The van der Waals surface area contributed by atoms with E-state index in [9.17, 15) is 0 Å². The molecule has 0 saturated heterocycles. The Hall–Kier alpha value is -0.770. The van der Waals surface area contributed by atoms with Crippen molar-refractivity contribution in [2.75, 3.05) is 6.54 Å². The minimum Gasteiger partial charge on any atom is -0.370 e. The van der Waals surface area contributed by atoms with Gasteiger partial charge in [0.1, 0.15) is 0 Å². The second kappa shape index (κ2) is 3.09. The highest BCUT2D eigenvalue weighted by Gasteiger charge is 2.36. The van der Waals surface area contributed by atoms with Crippen LogP contribution < -0.4 is 17.2 Å². The van der Waals surface area contributed by atoms with E-state index in [0.717, 1.165) is 25.7 Å². The molecule has 0 bridgehead atoms. The van der Waals surface area contributed by atoms with Crippen molar-refractivity contribution in [2.24, 2.45) is 22.2 Å². The smallest absolute Gasteiger partial charge is 0.185 e. The number of hydrogen-bond acceptors (Lipinski definition) is 2. The third-order valence-corrected chi connectivity index (χ3v) is 2.02. The monoisotopic (exact) mass is 156 g/mol. The Kier molecular flexibility index (Phi) is 2.34. The van der Waals surface area contributed by atoms with Crippen LogP contribution in [0.1, 0.15) is 25.7 Å². The van der Waals surface area contributed by atoms with Crippen LogP contribution in [0.15, 0.2) is 4.99 Å². The van der Waals surface area contributed by atoms with E-state index in [1.54, 1.807) is 0 Å². The lowest BCUT2D eigenvalue weighted by Crippen LogP contribution is -2.24. The predicted octanol–water partition coefficient (Wildman–Crippen LogP) is -0.469. The van der Waals surface area contributed by atoms with Crippen LogP contribution in [0.5, 0.6) is 0 Å². The van der Waals surface area contributed by atoms with Crippen molar-refractivity contribution in [3.8, 4) is 0 Å². The van der Waals surface area contributed by atoms with Crippen molar-refractivity contribution < 1.29 is 0 Å². The molecule has 11 heavy (non-hydrogen) atoms. The number of rotatable bonds is 4. The quantitative estimate of drug-likeness (QED) is 0.292. The third kappa shape index (κ3) is 3.23. The van der Waals surface area contributed by atoms with Gasteiger partial charge in [0.2, 0.25) is 0 Å². The summed E-state index contributed by atoms with van der Waals surface area (Å²) in [7, 11) is 0. The molecule has 1 saturated carbocycles. The average Bonchev–Trinajstić information content (AvgIpc) is 2.62. The molecule has 0 radical (unpaired) electrons. The Bertz CT molecular complexity index is 156. The minimum absolute atomic E-state index is 0.138. The van der Waals surface area contributed by atoms with Crippen molar-refractivity contribution in [3.05, 3.63) is 0 Å². The molecule has 4 nitrogen and oxygen atoms in total. The Labute approximate surface area is 66.8 Å². The van der Waals surface area contributed by atoms with Gasteiger partial charge in [0.15, 0.2) is 5.96 Å². The molecule has 0 aromatic heterocycles. The summed E-state index contributed by atoms with van der Waals surface area (Å²) in [5, 5.41) is 0. The van der Waals surface area contributed by atoms with Crippen molar-refractivity contribution in [2.45, 2.75) is 31.2 Å². The van der Waals surface area contributed by atoms with Gasteiger partial charge >= 0.3 is 0 Å². The van der Waals surface area contributed by atoms with Gasteiger partial charge in [-0.05, 0) is 25.7 Å². The van der Waals surface area contributed by atoms with Crippen LogP contribution in [0.3, 0.4) is 0 Å². The molecule has 0 spiro atoms. The van der Waals surface area contributed by atoms with E-state index in [0.29, 0.717) is 6.54 Å². The molecule has 0 atom stereocenters. The topological polar surface area (TPSA) is 90.4 Å². The van der Waals surface area contributed by atoms with Crippen LogP contribution >= 0.6 is 0 Å². The molecule has 0 amide bonds. The summed E-state index contributed by atoms with van der Waals surface area (Å²) in [6, 6.07) is 0. The highest BCUT2D eigenvalue weighted by Crippen LogP contribution is 2.36. The Morgan fingerprint density at radius 1 is 1.36 bits per heavy atom. The molecule has 0 aromatic rings. The van der Waals surface area contributed by atoms with E-state index in [-0.39, 0.29) is 11.5 Å². The highest BCUT2D eigenvalue weighted by molar-refractivity contribution is 5.75. The van der Waals surface area contributed by atoms with E-state index in [1.807, 2.05) is 0 Å². The molecule has 0 aromatic carbocycles. The first-order valence-electron chi connectivity index (χ1n) is 3.97. The molecule has 6 N–H and O–H groups in total. The number of nitrogens with zero attached hydrogens (tertiary/aromatic N) is 1. The van der Waals surface area contributed by atoms with Gasteiger partial charge in [-0.1, -0.05) is 0 Å². The van der Waals surface area contributed by atoms with Crippen LogP contribution in [-0.4, -0.2) is 18.0 Å². The summed E-state index contributed by atoms with van der Waals surface area (Å²) in [6.45, 7) is 0.710. The summed E-state index contributed by atoms with van der Waals surface area (Å²) in [6.07, 6.45) is 4.36. The van der Waals surface area contributed by atoms with Gasteiger partial charge in [0.05, 0.1) is 0 Å². The first kappa shape index (κ1) is 8.33. The molecule has 1 aliphatic rings. The van der Waals surface area contributed by atoms with Gasteiger partial charge in [0.25, 0.3) is 0 Å². The summed E-state index contributed by atoms with van der Waals surface area (Å²) in [5.74, 6) is 0.173. The minimum atomic E-state index is 0.138. The first-order valence-corrected chi connectivity index (χ1v) is 3.97. The number of hydrogen-bond donors (Lipinski definition) is 3. The molecule has 4 heteroatoms. The van der Waals surface area contributed by atoms with Crippen LogP contribution in [0.2, 0.25) is 0 Å². The fourth-order valence-corrected chi connectivity index (χ4v) is 1.05. The van der Waals surface area contributed by atoms with Gasteiger partial charge in [-0.2, -0.15) is 0 Å². The van der Waals surface area contributed by atoms with E-state index < -0.39 is 0 Å². The van der Waals surface area contributed by atoms with Crippen LogP contribution in [0.25, 0.3) is 0 Å². The lowest BCUT2D eigenvalue weighted by molar-refractivity contribution is 0.582. The number of guanidine groups is 1. The molecule has 1 fully saturated rings. The molecule has 0 heterocycles. The molecule has 1 aliphatic carbocycles. The van der Waals surface area contributed by atoms with Crippen LogP contribution in [0.4, 0.5) is 0 Å². The van der Waals surface area contributed by atoms with Crippen molar-refractivity contribution in [1.29, 1.82) is 0 Å². The van der Waals surface area contributed by atoms with E-state index in [4.69, 9.17) is 17.2 Å². The van der Waals surface area contributed by atoms with Gasteiger partial charge in [-0.3, -0.25) is 4.99 Å². The molecule has 0 unspecified atom stereocenters. The van der Waals surface area contributed by atoms with Crippen molar-refractivity contribution >= 4 is 5.96 Å². The maximum absolute atomic E-state index is 5.85. The average molecular weight is 156 g/mol. The Morgan fingerprint density at radius 3 is 2.45 bits per heavy atom. The largest absolute Gasteiger partial charge is 0.370 e. The van der Waals surface area contributed by atoms with Crippen molar-refractivity contribution in [1.82, 2.24) is 0 Å². The molecule has 0 aliphatic heterocycles. The summed E-state index contributed by atoms with van der Waals surface area (Å²) >= 11 is 0.